The highest BCUT2D eigenvalue weighted by Gasteiger charge is 2.33. The Hall–Kier alpha value is -3.13. The second-order valence-corrected chi connectivity index (χ2v) is 6.25. The van der Waals surface area contributed by atoms with E-state index in [1.807, 2.05) is 18.2 Å². The minimum Gasteiger partial charge on any atom is -0.206 e. The maximum Gasteiger partial charge on any atom is 0.419 e. The molecule has 142 valence electrons. The van der Waals surface area contributed by atoms with Crippen molar-refractivity contribution in [1.29, 1.82) is 0 Å². The molecule has 3 aromatic carbocycles. The summed E-state index contributed by atoms with van der Waals surface area (Å²) in [7, 11) is 0. The summed E-state index contributed by atoms with van der Waals surface area (Å²) >= 11 is 0. The van der Waals surface area contributed by atoms with Gasteiger partial charge in [0.1, 0.15) is 11.6 Å². The van der Waals surface area contributed by atoms with E-state index in [1.54, 1.807) is 12.1 Å². The topological polar surface area (TPSA) is 0 Å². The Morgan fingerprint density at radius 3 is 2.39 bits per heavy atom. The number of rotatable bonds is 3. The molecule has 0 aliphatic heterocycles. The molecule has 0 fully saturated rings. The highest BCUT2D eigenvalue weighted by molar-refractivity contribution is 5.85. The van der Waals surface area contributed by atoms with Gasteiger partial charge in [-0.2, -0.15) is 13.2 Å². The third-order valence-electron chi connectivity index (χ3n) is 4.27. The Balaban J connectivity index is 1.92. The third kappa shape index (κ3) is 4.23. The third-order valence-corrected chi connectivity index (χ3v) is 4.27. The molecule has 0 aromatic heterocycles. The van der Waals surface area contributed by atoms with E-state index in [2.05, 4.69) is 18.4 Å². The lowest BCUT2D eigenvalue weighted by Gasteiger charge is -2.07. The zero-order valence-electron chi connectivity index (χ0n) is 14.7. The number of hydrogen-bond donors (Lipinski definition) is 0. The second kappa shape index (κ2) is 7.85. The van der Waals surface area contributed by atoms with Crippen LogP contribution in [0.3, 0.4) is 0 Å². The zero-order chi connectivity index (χ0) is 20.3. The van der Waals surface area contributed by atoms with Crippen LogP contribution < -0.4 is 0 Å². The summed E-state index contributed by atoms with van der Waals surface area (Å²) in [5.41, 5.74) is -0.176. The van der Waals surface area contributed by atoms with Crippen LogP contribution >= 0.6 is 0 Å². The molecule has 28 heavy (non-hydrogen) atoms. The number of aryl methyl sites for hydroxylation is 1. The van der Waals surface area contributed by atoms with Crippen molar-refractivity contribution in [2.45, 2.75) is 19.0 Å². The molecule has 0 spiro atoms. The summed E-state index contributed by atoms with van der Waals surface area (Å²) in [5, 5.41) is 1.12. The van der Waals surface area contributed by atoms with Crippen LogP contribution in [0.2, 0.25) is 0 Å². The summed E-state index contributed by atoms with van der Waals surface area (Å²) in [6.45, 7) is 3.68. The largest absolute Gasteiger partial charge is 0.419 e. The molecule has 0 aliphatic rings. The SMILES string of the molecule is C=CCCc1ccc2c(F)c(C#Cc3ccc(C(F)(F)F)c(F)c3)ccc2c1. The first-order valence-corrected chi connectivity index (χ1v) is 8.50. The normalized spacial score (nSPS) is 11.2. The summed E-state index contributed by atoms with van der Waals surface area (Å²) in [4.78, 5) is 0. The minimum atomic E-state index is -4.77. The van der Waals surface area contributed by atoms with E-state index in [4.69, 9.17) is 0 Å². The van der Waals surface area contributed by atoms with Crippen molar-refractivity contribution in [3.8, 4) is 11.8 Å². The van der Waals surface area contributed by atoms with Gasteiger partial charge < -0.3 is 0 Å². The van der Waals surface area contributed by atoms with Crippen LogP contribution in [0.5, 0.6) is 0 Å². The van der Waals surface area contributed by atoms with Gasteiger partial charge in [0.2, 0.25) is 0 Å². The monoisotopic (exact) mass is 386 g/mol. The van der Waals surface area contributed by atoms with Gasteiger partial charge in [0.15, 0.2) is 0 Å². The lowest BCUT2D eigenvalue weighted by molar-refractivity contribution is -0.140. The molecule has 5 heteroatoms. The molecule has 0 nitrogen and oxygen atoms in total. The number of alkyl halides is 3. The van der Waals surface area contributed by atoms with Gasteiger partial charge in [-0.05, 0) is 48.1 Å². The van der Waals surface area contributed by atoms with Crippen LogP contribution in [-0.4, -0.2) is 0 Å². The smallest absolute Gasteiger partial charge is 0.206 e. The van der Waals surface area contributed by atoms with Crippen molar-refractivity contribution in [3.63, 3.8) is 0 Å². The fourth-order valence-electron chi connectivity index (χ4n) is 2.82. The molecule has 0 aliphatic carbocycles. The molecule has 0 radical (unpaired) electrons. The predicted molar refractivity (Wildman–Crippen MR) is 99.8 cm³/mol. The maximum atomic E-state index is 14.7. The van der Waals surface area contributed by atoms with E-state index in [1.165, 1.54) is 6.07 Å². The van der Waals surface area contributed by atoms with Crippen LogP contribution in [0.15, 0.2) is 61.2 Å². The van der Waals surface area contributed by atoms with Gasteiger partial charge >= 0.3 is 6.18 Å². The Morgan fingerprint density at radius 1 is 0.929 bits per heavy atom. The van der Waals surface area contributed by atoms with Crippen molar-refractivity contribution in [2.24, 2.45) is 0 Å². The number of fused-ring (bicyclic) bond motifs is 1. The zero-order valence-corrected chi connectivity index (χ0v) is 14.7. The summed E-state index contributed by atoms with van der Waals surface area (Å²) in [6, 6.07) is 11.0. The van der Waals surface area contributed by atoms with Crippen molar-refractivity contribution < 1.29 is 22.0 Å². The molecule has 0 unspecified atom stereocenters. The number of hydrogen-bond acceptors (Lipinski definition) is 0. The number of allylic oxidation sites excluding steroid dienone is 1. The van der Waals surface area contributed by atoms with Crippen LogP contribution in [0, 0.1) is 23.5 Å². The average Bonchev–Trinajstić information content (AvgIpc) is 2.65. The molecular weight excluding hydrogens is 371 g/mol. The van der Waals surface area contributed by atoms with Gasteiger partial charge in [-0.3, -0.25) is 0 Å². The van der Waals surface area contributed by atoms with E-state index in [9.17, 15) is 22.0 Å². The molecule has 0 N–H and O–H groups in total. The highest BCUT2D eigenvalue weighted by atomic mass is 19.4. The molecule has 0 bridgehead atoms. The molecule has 0 saturated heterocycles. The van der Waals surface area contributed by atoms with Crippen molar-refractivity contribution >= 4 is 10.8 Å². The average molecular weight is 386 g/mol. The predicted octanol–water partition coefficient (Wildman–Crippen LogP) is 6.66. The van der Waals surface area contributed by atoms with E-state index in [0.717, 1.165) is 29.9 Å². The van der Waals surface area contributed by atoms with Gasteiger partial charge in [0.05, 0.1) is 11.1 Å². The number of benzene rings is 3. The van der Waals surface area contributed by atoms with Gasteiger partial charge in [-0.25, -0.2) is 8.78 Å². The first-order valence-electron chi connectivity index (χ1n) is 8.50. The molecule has 0 amide bonds. The van der Waals surface area contributed by atoms with Crippen LogP contribution in [-0.2, 0) is 12.6 Å². The molecule has 0 atom stereocenters. The molecular formula is C23H15F5. The molecule has 0 heterocycles. The van der Waals surface area contributed by atoms with E-state index in [0.29, 0.717) is 17.5 Å². The fourth-order valence-corrected chi connectivity index (χ4v) is 2.82. The van der Waals surface area contributed by atoms with Crippen LogP contribution in [0.1, 0.15) is 28.7 Å². The van der Waals surface area contributed by atoms with Gasteiger partial charge in [-0.1, -0.05) is 42.2 Å². The van der Waals surface area contributed by atoms with E-state index < -0.39 is 23.4 Å². The van der Waals surface area contributed by atoms with Crippen molar-refractivity contribution in [1.82, 2.24) is 0 Å². The van der Waals surface area contributed by atoms with Gasteiger partial charge in [0.25, 0.3) is 0 Å². The van der Waals surface area contributed by atoms with Crippen LogP contribution in [0.4, 0.5) is 22.0 Å². The molecule has 3 rings (SSSR count). The van der Waals surface area contributed by atoms with Crippen molar-refractivity contribution in [2.75, 3.05) is 0 Å². The van der Waals surface area contributed by atoms with Gasteiger partial charge in [0, 0.05) is 10.9 Å². The molecule has 3 aromatic rings. The Kier molecular flexibility index (Phi) is 5.51. The highest BCUT2D eigenvalue weighted by Crippen LogP contribution is 2.31. The summed E-state index contributed by atoms with van der Waals surface area (Å²) in [5.74, 6) is 3.15. The fraction of sp³-hybridized carbons (Fsp3) is 0.130. The Morgan fingerprint density at radius 2 is 1.71 bits per heavy atom. The minimum absolute atomic E-state index is 0.0322. The summed E-state index contributed by atoms with van der Waals surface area (Å²) in [6.07, 6.45) is -1.33. The van der Waals surface area contributed by atoms with Crippen molar-refractivity contribution in [3.05, 3.63) is 95.1 Å². The molecule has 0 saturated carbocycles. The lowest BCUT2D eigenvalue weighted by atomic mass is 10.0. The Bertz CT molecular complexity index is 1100. The second-order valence-electron chi connectivity index (χ2n) is 6.25. The Labute approximate surface area is 159 Å². The van der Waals surface area contributed by atoms with E-state index >= 15 is 0 Å². The number of halogens is 5. The quantitative estimate of drug-likeness (QED) is 0.268. The summed E-state index contributed by atoms with van der Waals surface area (Å²) < 4.78 is 66.1. The lowest BCUT2D eigenvalue weighted by Crippen LogP contribution is -2.07. The van der Waals surface area contributed by atoms with Crippen LogP contribution in [0.25, 0.3) is 10.8 Å². The van der Waals surface area contributed by atoms with E-state index in [-0.39, 0.29) is 11.1 Å². The van der Waals surface area contributed by atoms with Gasteiger partial charge in [-0.15, -0.1) is 6.58 Å². The maximum absolute atomic E-state index is 14.7. The standard InChI is InChI=1S/C23H15F5/c1-2-3-4-15-6-11-19-18(13-15)10-9-17(22(19)25)8-5-16-7-12-20(21(24)14-16)23(26,27)28/h2,6-7,9-14H,1,3-4H2. The first-order chi connectivity index (χ1) is 13.3. The first kappa shape index (κ1) is 19.6.